The minimum Gasteiger partial charge on any atom is -0.345 e. The highest BCUT2D eigenvalue weighted by atomic mass is 16.2. The molecule has 1 saturated heterocycles. The summed E-state index contributed by atoms with van der Waals surface area (Å²) in [6.45, 7) is 1.24. The lowest BCUT2D eigenvalue weighted by Gasteiger charge is -2.36. The van der Waals surface area contributed by atoms with Crippen LogP contribution in [0.5, 0.6) is 0 Å². The van der Waals surface area contributed by atoms with E-state index in [0.717, 1.165) is 35.9 Å². The molecule has 0 radical (unpaired) electrons. The number of piperidine rings is 1. The molecule has 170 valence electrons. The minimum atomic E-state index is -0.141. The second kappa shape index (κ2) is 8.65. The second-order valence-electron chi connectivity index (χ2n) is 8.64. The van der Waals surface area contributed by atoms with Crippen molar-refractivity contribution in [3.05, 3.63) is 60.2 Å². The summed E-state index contributed by atoms with van der Waals surface area (Å²) >= 11 is 0. The number of nitrogens with zero attached hydrogens (tertiary/aromatic N) is 7. The van der Waals surface area contributed by atoms with Crippen molar-refractivity contribution in [1.82, 2.24) is 34.2 Å². The van der Waals surface area contributed by atoms with Gasteiger partial charge in [0.05, 0.1) is 36.2 Å². The molecule has 1 aromatic carbocycles. The van der Waals surface area contributed by atoms with Crippen LogP contribution in [0.15, 0.2) is 48.9 Å². The number of carbonyl (C=O) groups excluding carboxylic acids is 2. The summed E-state index contributed by atoms with van der Waals surface area (Å²) in [5.74, 6) is -0.0429. The first-order valence-corrected chi connectivity index (χ1v) is 11.3. The average molecular weight is 446 g/mol. The van der Waals surface area contributed by atoms with Crippen LogP contribution in [-0.2, 0) is 11.3 Å². The molecule has 0 aliphatic carbocycles. The van der Waals surface area contributed by atoms with Crippen LogP contribution >= 0.6 is 0 Å². The van der Waals surface area contributed by atoms with E-state index in [4.69, 9.17) is 0 Å². The van der Waals surface area contributed by atoms with E-state index in [1.807, 2.05) is 46.1 Å². The number of carbonyl (C=O) groups is 2. The summed E-state index contributed by atoms with van der Waals surface area (Å²) in [5, 5.41) is 9.99. The zero-order valence-electron chi connectivity index (χ0n) is 18.9. The Kier molecular flexibility index (Phi) is 5.53. The fourth-order valence-corrected chi connectivity index (χ4v) is 4.64. The number of benzene rings is 1. The van der Waals surface area contributed by atoms with E-state index >= 15 is 0 Å². The Morgan fingerprint density at radius 3 is 2.79 bits per heavy atom. The van der Waals surface area contributed by atoms with Gasteiger partial charge in [-0.05, 0) is 31.4 Å². The van der Waals surface area contributed by atoms with Crippen LogP contribution in [-0.4, -0.2) is 66.6 Å². The molecular formula is C24H27N7O2. The summed E-state index contributed by atoms with van der Waals surface area (Å²) in [6.07, 6.45) is 8.34. The van der Waals surface area contributed by atoms with Gasteiger partial charge in [-0.25, -0.2) is 9.50 Å². The van der Waals surface area contributed by atoms with Crippen molar-refractivity contribution in [2.75, 3.05) is 20.6 Å². The number of aryl methyl sites for hydroxylation is 1. The van der Waals surface area contributed by atoms with E-state index in [0.29, 0.717) is 30.7 Å². The first-order chi connectivity index (χ1) is 16.0. The van der Waals surface area contributed by atoms with E-state index in [9.17, 15) is 9.59 Å². The van der Waals surface area contributed by atoms with Gasteiger partial charge in [0.15, 0.2) is 5.65 Å². The van der Waals surface area contributed by atoms with Crippen LogP contribution in [0, 0.1) is 0 Å². The van der Waals surface area contributed by atoms with Crippen LogP contribution in [0.3, 0.4) is 0 Å². The number of para-hydroxylation sites is 1. The number of likely N-dealkylation sites (tertiary alicyclic amines) is 1. The Balaban J connectivity index is 1.40. The highest BCUT2D eigenvalue weighted by Crippen LogP contribution is 2.32. The Hall–Kier alpha value is -3.75. The molecule has 9 nitrogen and oxygen atoms in total. The minimum absolute atomic E-state index is 0.0981. The molecule has 4 aromatic rings. The Morgan fingerprint density at radius 2 is 1.94 bits per heavy atom. The van der Waals surface area contributed by atoms with Gasteiger partial charge in [-0.15, -0.1) is 0 Å². The summed E-state index contributed by atoms with van der Waals surface area (Å²) in [5.41, 5.74) is 2.90. The van der Waals surface area contributed by atoms with Crippen molar-refractivity contribution in [1.29, 1.82) is 0 Å². The number of fused-ring (bicyclic) bond motifs is 2. The zero-order chi connectivity index (χ0) is 22.9. The van der Waals surface area contributed by atoms with Crippen molar-refractivity contribution in [3.8, 4) is 0 Å². The molecule has 33 heavy (non-hydrogen) atoms. The fourth-order valence-electron chi connectivity index (χ4n) is 4.64. The summed E-state index contributed by atoms with van der Waals surface area (Å²) in [4.78, 5) is 33.7. The number of rotatable bonds is 5. The van der Waals surface area contributed by atoms with Crippen LogP contribution in [0.4, 0.5) is 0 Å². The molecule has 1 fully saturated rings. The maximum Gasteiger partial charge on any atom is 0.258 e. The van der Waals surface area contributed by atoms with Crippen LogP contribution in [0.1, 0.15) is 47.8 Å². The second-order valence-corrected chi connectivity index (χ2v) is 8.64. The molecule has 9 heteroatoms. The molecule has 0 N–H and O–H groups in total. The van der Waals surface area contributed by atoms with Gasteiger partial charge < -0.3 is 9.80 Å². The topological polar surface area (TPSA) is 88.6 Å². The van der Waals surface area contributed by atoms with Crippen molar-refractivity contribution >= 4 is 28.4 Å². The maximum atomic E-state index is 13.3. The van der Waals surface area contributed by atoms with Crippen molar-refractivity contribution in [2.24, 2.45) is 0 Å². The third kappa shape index (κ3) is 3.83. The molecule has 3 aromatic heterocycles. The maximum absolute atomic E-state index is 13.3. The first kappa shape index (κ1) is 21.1. The molecule has 2 amide bonds. The quantitative estimate of drug-likeness (QED) is 0.471. The van der Waals surface area contributed by atoms with Crippen LogP contribution in [0.25, 0.3) is 16.6 Å². The SMILES string of the molecule is CN(C)C(=O)c1cnn2c(C3CCCCN3C(=O)CCn3ncc4ccccc43)ccnc12. The van der Waals surface area contributed by atoms with Crippen LogP contribution in [0.2, 0.25) is 0 Å². The predicted molar refractivity (Wildman–Crippen MR) is 124 cm³/mol. The molecule has 1 atom stereocenters. The van der Waals surface area contributed by atoms with Crippen molar-refractivity contribution in [2.45, 2.75) is 38.3 Å². The van der Waals surface area contributed by atoms with E-state index in [1.165, 1.54) is 4.90 Å². The Bertz CT molecular complexity index is 1320. The number of amides is 2. The molecule has 4 heterocycles. The molecule has 1 unspecified atom stereocenters. The van der Waals surface area contributed by atoms with Crippen LogP contribution < -0.4 is 0 Å². The molecule has 1 aliphatic heterocycles. The summed E-state index contributed by atoms with van der Waals surface area (Å²) in [7, 11) is 3.42. The lowest BCUT2D eigenvalue weighted by molar-refractivity contribution is -0.135. The standard InChI is InChI=1S/C24H27N7O2/c1-28(2)24(33)18-16-27-31-21(10-12-25-23(18)31)20-9-5-6-13-29(20)22(32)11-14-30-19-8-4-3-7-17(19)15-26-30/h3-4,7-8,10,12,15-16,20H,5-6,9,11,13-14H2,1-2H3. The van der Waals surface area contributed by atoms with Gasteiger partial charge in [0, 0.05) is 38.6 Å². The predicted octanol–water partition coefficient (Wildman–Crippen LogP) is 2.92. The highest BCUT2D eigenvalue weighted by molar-refractivity contribution is 5.99. The largest absolute Gasteiger partial charge is 0.345 e. The third-order valence-corrected chi connectivity index (χ3v) is 6.32. The van der Waals surface area contributed by atoms with Gasteiger partial charge in [0.1, 0.15) is 5.56 Å². The molecule has 0 spiro atoms. The average Bonchev–Trinajstić information content (AvgIpc) is 3.46. The van der Waals surface area contributed by atoms with Gasteiger partial charge in [-0.1, -0.05) is 18.2 Å². The van der Waals surface area contributed by atoms with E-state index in [1.54, 1.807) is 31.0 Å². The van der Waals surface area contributed by atoms with Crippen molar-refractivity contribution < 1.29 is 9.59 Å². The van der Waals surface area contributed by atoms with Gasteiger partial charge >= 0.3 is 0 Å². The number of hydrogen-bond acceptors (Lipinski definition) is 5. The van der Waals surface area contributed by atoms with Gasteiger partial charge in [0.2, 0.25) is 5.91 Å². The molecule has 1 aliphatic rings. The number of hydrogen-bond donors (Lipinski definition) is 0. The molecule has 5 rings (SSSR count). The van der Waals surface area contributed by atoms with E-state index in [-0.39, 0.29) is 17.9 Å². The molecule has 0 saturated carbocycles. The zero-order valence-corrected chi connectivity index (χ0v) is 18.9. The smallest absolute Gasteiger partial charge is 0.258 e. The lowest BCUT2D eigenvalue weighted by atomic mass is 9.98. The van der Waals surface area contributed by atoms with E-state index < -0.39 is 0 Å². The Morgan fingerprint density at radius 1 is 1.09 bits per heavy atom. The monoisotopic (exact) mass is 445 g/mol. The first-order valence-electron chi connectivity index (χ1n) is 11.3. The van der Waals surface area contributed by atoms with Gasteiger partial charge in [0.25, 0.3) is 5.91 Å². The lowest BCUT2D eigenvalue weighted by Crippen LogP contribution is -2.39. The number of aromatic nitrogens is 5. The summed E-state index contributed by atoms with van der Waals surface area (Å²) < 4.78 is 3.61. The normalized spacial score (nSPS) is 16.4. The fraction of sp³-hybridized carbons (Fsp3) is 0.375. The Labute approximate surface area is 191 Å². The summed E-state index contributed by atoms with van der Waals surface area (Å²) in [6, 6.07) is 9.82. The molecular weight excluding hydrogens is 418 g/mol. The highest BCUT2D eigenvalue weighted by Gasteiger charge is 2.30. The van der Waals surface area contributed by atoms with Gasteiger partial charge in [-0.2, -0.15) is 10.2 Å². The van der Waals surface area contributed by atoms with Crippen molar-refractivity contribution in [3.63, 3.8) is 0 Å². The van der Waals surface area contributed by atoms with E-state index in [2.05, 4.69) is 15.2 Å². The van der Waals surface area contributed by atoms with Gasteiger partial charge in [-0.3, -0.25) is 14.3 Å². The third-order valence-electron chi connectivity index (χ3n) is 6.32. The molecule has 0 bridgehead atoms.